The molecule has 3 rings (SSSR count). The second-order valence-electron chi connectivity index (χ2n) is 5.87. The number of hydrogen-bond acceptors (Lipinski definition) is 5. The Morgan fingerprint density at radius 3 is 2.48 bits per heavy atom. The number of likely N-dealkylation sites (N-methyl/N-ethyl adjacent to an activating group) is 1. The van der Waals surface area contributed by atoms with Gasteiger partial charge >= 0.3 is 0 Å². The smallest absolute Gasteiger partial charge is 0.281 e. The normalized spacial score (nSPS) is 15.6. The molecule has 0 aliphatic carbocycles. The van der Waals surface area contributed by atoms with Gasteiger partial charge in [-0.3, -0.25) is 9.69 Å². The van der Waals surface area contributed by atoms with Crippen LogP contribution >= 0.6 is 12.2 Å². The first-order valence-corrected chi connectivity index (χ1v) is 8.80. The molecule has 0 atom stereocenters. The zero-order valence-corrected chi connectivity index (χ0v) is 16.1. The summed E-state index contributed by atoms with van der Waals surface area (Å²) in [6.07, 6.45) is 1.68. The van der Waals surface area contributed by atoms with Gasteiger partial charge in [-0.25, -0.2) is 0 Å². The third kappa shape index (κ3) is 3.59. The maximum Gasteiger partial charge on any atom is 0.281 e. The molecule has 1 aliphatic rings. The van der Waals surface area contributed by atoms with Crippen molar-refractivity contribution in [2.45, 2.75) is 6.92 Å². The highest BCUT2D eigenvalue weighted by molar-refractivity contribution is 7.80. The molecule has 1 aliphatic heterocycles. The minimum atomic E-state index is -0.234. The molecular weight excluding hydrogens is 364 g/mol. The Morgan fingerprint density at radius 1 is 1.19 bits per heavy atom. The second-order valence-corrected chi connectivity index (χ2v) is 6.24. The van der Waals surface area contributed by atoms with E-state index in [-0.39, 0.29) is 11.7 Å². The van der Waals surface area contributed by atoms with Crippen molar-refractivity contribution >= 4 is 35.0 Å². The number of rotatable bonds is 5. The van der Waals surface area contributed by atoms with Crippen LogP contribution in [0.3, 0.4) is 0 Å². The zero-order chi connectivity index (χ0) is 19.6. The molecule has 2 aromatic rings. The van der Waals surface area contributed by atoms with Crippen LogP contribution in [0.2, 0.25) is 0 Å². The number of methoxy groups -OCH3 is 1. The molecule has 27 heavy (non-hydrogen) atoms. The van der Waals surface area contributed by atoms with E-state index in [1.54, 1.807) is 54.4 Å². The van der Waals surface area contributed by atoms with Gasteiger partial charge in [0, 0.05) is 7.05 Å². The first kappa shape index (κ1) is 18.7. The number of nitrogens with zero attached hydrogens (tertiary/aromatic N) is 2. The molecule has 0 radical (unpaired) electrons. The van der Waals surface area contributed by atoms with Crippen LogP contribution in [0, 0.1) is 0 Å². The number of phenolic OH excluding ortho intramolecular Hbond substituents is 1. The van der Waals surface area contributed by atoms with Gasteiger partial charge in [0.1, 0.15) is 11.4 Å². The molecular formula is C20H20N2O4S. The molecule has 0 bridgehead atoms. The summed E-state index contributed by atoms with van der Waals surface area (Å²) in [5.41, 5.74) is 1.75. The van der Waals surface area contributed by atoms with E-state index in [0.717, 1.165) is 5.75 Å². The van der Waals surface area contributed by atoms with Gasteiger partial charge < -0.3 is 19.5 Å². The van der Waals surface area contributed by atoms with Crippen molar-refractivity contribution in [1.29, 1.82) is 0 Å². The Labute approximate surface area is 163 Å². The van der Waals surface area contributed by atoms with E-state index in [1.807, 2.05) is 6.92 Å². The molecule has 0 spiro atoms. The molecule has 1 saturated heterocycles. The molecule has 1 heterocycles. The maximum atomic E-state index is 13.0. The fourth-order valence-corrected chi connectivity index (χ4v) is 3.08. The molecule has 0 saturated carbocycles. The second kappa shape index (κ2) is 7.67. The number of carbonyl (C=O) groups excluding carboxylic acids is 1. The lowest BCUT2D eigenvalue weighted by atomic mass is 10.1. The van der Waals surface area contributed by atoms with Crippen molar-refractivity contribution in [2.75, 3.05) is 25.7 Å². The van der Waals surface area contributed by atoms with Crippen molar-refractivity contribution in [1.82, 2.24) is 4.90 Å². The quantitative estimate of drug-likeness (QED) is 0.630. The maximum absolute atomic E-state index is 13.0. The average Bonchev–Trinajstić information content (AvgIpc) is 2.86. The molecule has 1 amide bonds. The number of carbonyl (C=O) groups is 1. The number of anilines is 1. The summed E-state index contributed by atoms with van der Waals surface area (Å²) in [4.78, 5) is 16.1. The highest BCUT2D eigenvalue weighted by Crippen LogP contribution is 2.31. The van der Waals surface area contributed by atoms with Gasteiger partial charge in [0.2, 0.25) is 0 Å². The largest absolute Gasteiger partial charge is 0.504 e. The van der Waals surface area contributed by atoms with Crippen LogP contribution in [0.4, 0.5) is 5.69 Å². The number of aromatic hydroxyl groups is 1. The number of ether oxygens (including phenoxy) is 2. The number of phenols is 1. The fourth-order valence-electron chi connectivity index (χ4n) is 2.80. The van der Waals surface area contributed by atoms with E-state index in [9.17, 15) is 9.90 Å². The van der Waals surface area contributed by atoms with Gasteiger partial charge in [0.25, 0.3) is 5.91 Å². The fraction of sp³-hybridized carbons (Fsp3) is 0.200. The minimum absolute atomic E-state index is 0.00546. The summed E-state index contributed by atoms with van der Waals surface area (Å²) >= 11 is 5.45. The third-order valence-corrected chi connectivity index (χ3v) is 4.63. The summed E-state index contributed by atoms with van der Waals surface area (Å²) < 4.78 is 10.5. The van der Waals surface area contributed by atoms with Crippen LogP contribution in [0.15, 0.2) is 48.2 Å². The number of benzene rings is 2. The first-order valence-electron chi connectivity index (χ1n) is 8.40. The molecule has 1 fully saturated rings. The van der Waals surface area contributed by atoms with Crippen molar-refractivity contribution in [3.05, 3.63) is 53.7 Å². The van der Waals surface area contributed by atoms with Crippen LogP contribution in [0.1, 0.15) is 12.5 Å². The zero-order valence-electron chi connectivity index (χ0n) is 15.3. The van der Waals surface area contributed by atoms with E-state index in [1.165, 1.54) is 18.1 Å². The van der Waals surface area contributed by atoms with E-state index in [0.29, 0.717) is 34.4 Å². The highest BCUT2D eigenvalue weighted by atomic mass is 32.1. The van der Waals surface area contributed by atoms with Crippen molar-refractivity contribution in [2.24, 2.45) is 0 Å². The van der Waals surface area contributed by atoms with E-state index < -0.39 is 0 Å². The molecule has 2 aromatic carbocycles. The van der Waals surface area contributed by atoms with Crippen LogP contribution in [-0.2, 0) is 4.79 Å². The Hall–Kier alpha value is -3.06. The van der Waals surface area contributed by atoms with Gasteiger partial charge in [-0.1, -0.05) is 6.07 Å². The lowest BCUT2D eigenvalue weighted by Gasteiger charge is -2.16. The van der Waals surface area contributed by atoms with Crippen LogP contribution < -0.4 is 14.4 Å². The summed E-state index contributed by atoms with van der Waals surface area (Å²) in [7, 11) is 3.22. The Morgan fingerprint density at radius 2 is 1.89 bits per heavy atom. The molecule has 140 valence electrons. The monoisotopic (exact) mass is 384 g/mol. The third-order valence-electron chi connectivity index (χ3n) is 4.17. The summed E-state index contributed by atoms with van der Waals surface area (Å²) in [6, 6.07) is 12.1. The number of hydrogen-bond donors (Lipinski definition) is 1. The Kier molecular flexibility index (Phi) is 5.32. The minimum Gasteiger partial charge on any atom is -0.504 e. The number of amides is 1. The molecule has 0 aromatic heterocycles. The van der Waals surface area contributed by atoms with E-state index >= 15 is 0 Å². The SMILES string of the molecule is CCOc1ccc(N2C(=O)/C(=C/c3ccc(OC)c(O)c3)N(C)C2=S)cc1. The Bertz CT molecular complexity index is 909. The van der Waals surface area contributed by atoms with E-state index in [4.69, 9.17) is 21.7 Å². The first-order chi connectivity index (χ1) is 13.0. The standard InChI is InChI=1S/C20H20N2O4S/c1-4-26-15-8-6-14(7-9-15)22-19(24)16(21(2)20(22)27)11-13-5-10-18(25-3)17(23)12-13/h5-12,23H,4H2,1-3H3/b16-11-. The van der Waals surface area contributed by atoms with Gasteiger partial charge in [0.15, 0.2) is 16.6 Å². The Balaban J connectivity index is 1.91. The van der Waals surface area contributed by atoms with E-state index in [2.05, 4.69) is 0 Å². The van der Waals surface area contributed by atoms with Gasteiger partial charge in [-0.15, -0.1) is 0 Å². The topological polar surface area (TPSA) is 62.2 Å². The predicted octanol–water partition coefficient (Wildman–Crippen LogP) is 3.40. The van der Waals surface area contributed by atoms with Crippen molar-refractivity contribution < 1.29 is 19.4 Å². The van der Waals surface area contributed by atoms with Crippen LogP contribution in [0.25, 0.3) is 6.08 Å². The highest BCUT2D eigenvalue weighted by Gasteiger charge is 2.36. The summed E-state index contributed by atoms with van der Waals surface area (Å²) in [5, 5.41) is 10.3. The lowest BCUT2D eigenvalue weighted by molar-refractivity contribution is -0.114. The van der Waals surface area contributed by atoms with Crippen LogP contribution in [-0.4, -0.2) is 41.8 Å². The van der Waals surface area contributed by atoms with Crippen molar-refractivity contribution in [3.8, 4) is 17.2 Å². The van der Waals surface area contributed by atoms with Gasteiger partial charge in [-0.05, 0) is 67.2 Å². The molecule has 6 nitrogen and oxygen atoms in total. The predicted molar refractivity (Wildman–Crippen MR) is 108 cm³/mol. The van der Waals surface area contributed by atoms with Gasteiger partial charge in [0.05, 0.1) is 19.4 Å². The van der Waals surface area contributed by atoms with Crippen molar-refractivity contribution in [3.63, 3.8) is 0 Å². The summed E-state index contributed by atoms with van der Waals surface area (Å²) in [5.74, 6) is 0.874. The number of thiocarbonyl (C=S) groups is 1. The molecule has 1 N–H and O–H groups in total. The van der Waals surface area contributed by atoms with Crippen LogP contribution in [0.5, 0.6) is 17.2 Å². The average molecular weight is 384 g/mol. The summed E-state index contributed by atoms with van der Waals surface area (Å²) in [6.45, 7) is 2.49. The lowest BCUT2D eigenvalue weighted by Crippen LogP contribution is -2.31. The molecule has 7 heteroatoms. The van der Waals surface area contributed by atoms with Gasteiger partial charge in [-0.2, -0.15) is 0 Å². The molecule has 0 unspecified atom stereocenters.